The molecule has 0 aliphatic carbocycles. The molecule has 0 aliphatic heterocycles. The average Bonchev–Trinajstić information content (AvgIpc) is 2.97. The van der Waals surface area contributed by atoms with Gasteiger partial charge in [0.1, 0.15) is 0 Å². The summed E-state index contributed by atoms with van der Waals surface area (Å²) in [6.45, 7) is 1.69. The highest BCUT2D eigenvalue weighted by molar-refractivity contribution is 5.89. The number of urea groups is 1. The Hall–Kier alpha value is -2.62. The molecule has 10 heteroatoms. The van der Waals surface area contributed by atoms with Gasteiger partial charge < -0.3 is 15.7 Å². The summed E-state index contributed by atoms with van der Waals surface area (Å²) in [5.41, 5.74) is -0.417. The van der Waals surface area contributed by atoms with Gasteiger partial charge in [-0.15, -0.1) is 5.10 Å². The SMILES string of the molecule is C[C@@H](CCO)NC(=O)Nc1ccc(-n2nncc2C(F)(F)F)cc1. The number of anilines is 1. The van der Waals surface area contributed by atoms with Crippen molar-refractivity contribution in [3.05, 3.63) is 36.2 Å². The number of halogens is 3. The Bertz CT molecular complexity index is 684. The topological polar surface area (TPSA) is 92.1 Å². The number of hydrogen-bond acceptors (Lipinski definition) is 4. The summed E-state index contributed by atoms with van der Waals surface area (Å²) >= 11 is 0. The van der Waals surface area contributed by atoms with Gasteiger partial charge in [0.05, 0.1) is 11.9 Å². The molecule has 0 unspecified atom stereocenters. The lowest BCUT2D eigenvalue weighted by molar-refractivity contribution is -0.142. The van der Waals surface area contributed by atoms with Gasteiger partial charge in [0, 0.05) is 18.3 Å². The van der Waals surface area contributed by atoms with Gasteiger partial charge in [0.25, 0.3) is 0 Å². The third-order valence-electron chi connectivity index (χ3n) is 3.15. The van der Waals surface area contributed by atoms with Crippen LogP contribution in [0.4, 0.5) is 23.7 Å². The Balaban J connectivity index is 2.06. The molecular weight excluding hydrogens is 327 g/mol. The highest BCUT2D eigenvalue weighted by Crippen LogP contribution is 2.30. The first-order valence-corrected chi connectivity index (χ1v) is 7.08. The van der Waals surface area contributed by atoms with Crippen LogP contribution in [-0.2, 0) is 6.18 Å². The smallest absolute Gasteiger partial charge is 0.396 e. The lowest BCUT2D eigenvalue weighted by Crippen LogP contribution is -2.36. The second kappa shape index (κ2) is 7.30. The Morgan fingerprint density at radius 2 is 2.00 bits per heavy atom. The van der Waals surface area contributed by atoms with Crippen molar-refractivity contribution < 1.29 is 23.1 Å². The van der Waals surface area contributed by atoms with E-state index in [-0.39, 0.29) is 18.3 Å². The van der Waals surface area contributed by atoms with E-state index in [1.54, 1.807) is 6.92 Å². The zero-order chi connectivity index (χ0) is 17.7. The van der Waals surface area contributed by atoms with Gasteiger partial charge in [-0.2, -0.15) is 13.2 Å². The van der Waals surface area contributed by atoms with Crippen LogP contribution in [0.15, 0.2) is 30.5 Å². The van der Waals surface area contributed by atoms with Gasteiger partial charge in [-0.1, -0.05) is 5.21 Å². The Kier molecular flexibility index (Phi) is 5.39. The number of hydrogen-bond donors (Lipinski definition) is 3. The van der Waals surface area contributed by atoms with Crippen LogP contribution in [0, 0.1) is 0 Å². The van der Waals surface area contributed by atoms with E-state index in [1.807, 2.05) is 0 Å². The van der Waals surface area contributed by atoms with Gasteiger partial charge in [-0.25, -0.2) is 9.48 Å². The fraction of sp³-hybridized carbons (Fsp3) is 0.357. The Morgan fingerprint density at radius 3 is 2.58 bits per heavy atom. The van der Waals surface area contributed by atoms with Crippen LogP contribution in [-0.4, -0.2) is 38.8 Å². The first-order chi connectivity index (χ1) is 11.3. The second-order valence-electron chi connectivity index (χ2n) is 5.09. The molecule has 3 N–H and O–H groups in total. The van der Waals surface area contributed by atoms with Crippen molar-refractivity contribution >= 4 is 11.7 Å². The number of rotatable bonds is 5. The number of alkyl halides is 3. The number of aliphatic hydroxyl groups excluding tert-OH is 1. The molecule has 1 heterocycles. The molecule has 2 aromatic rings. The van der Waals surface area contributed by atoms with Gasteiger partial charge in [-0.05, 0) is 37.6 Å². The normalized spacial score (nSPS) is 12.7. The maximum Gasteiger partial charge on any atom is 0.435 e. The zero-order valence-electron chi connectivity index (χ0n) is 12.7. The first kappa shape index (κ1) is 17.7. The molecule has 2 rings (SSSR count). The minimum absolute atomic E-state index is 0.0460. The molecule has 24 heavy (non-hydrogen) atoms. The monoisotopic (exact) mass is 343 g/mol. The third kappa shape index (κ3) is 4.44. The number of aromatic nitrogens is 3. The van der Waals surface area contributed by atoms with Gasteiger partial charge in [0.15, 0.2) is 5.69 Å². The van der Waals surface area contributed by atoms with Crippen molar-refractivity contribution in [2.75, 3.05) is 11.9 Å². The predicted molar refractivity (Wildman–Crippen MR) is 79.7 cm³/mol. The molecule has 2 amide bonds. The molecule has 0 spiro atoms. The van der Waals surface area contributed by atoms with Crippen LogP contribution in [0.3, 0.4) is 0 Å². The van der Waals surface area contributed by atoms with E-state index in [9.17, 15) is 18.0 Å². The number of carbonyl (C=O) groups excluding carboxylic acids is 1. The van der Waals surface area contributed by atoms with Crippen molar-refractivity contribution in [1.82, 2.24) is 20.3 Å². The van der Waals surface area contributed by atoms with E-state index in [2.05, 4.69) is 20.9 Å². The van der Waals surface area contributed by atoms with Crippen molar-refractivity contribution in [3.63, 3.8) is 0 Å². The van der Waals surface area contributed by atoms with Crippen LogP contribution in [0.2, 0.25) is 0 Å². The lowest BCUT2D eigenvalue weighted by Gasteiger charge is -2.14. The maximum atomic E-state index is 12.8. The lowest BCUT2D eigenvalue weighted by atomic mass is 10.2. The average molecular weight is 343 g/mol. The molecule has 130 valence electrons. The molecule has 0 fully saturated rings. The van der Waals surface area contributed by atoms with Crippen LogP contribution in [0.25, 0.3) is 5.69 Å². The van der Waals surface area contributed by atoms with Crippen LogP contribution in [0.5, 0.6) is 0 Å². The van der Waals surface area contributed by atoms with Crippen molar-refractivity contribution in [1.29, 1.82) is 0 Å². The fourth-order valence-electron chi connectivity index (χ4n) is 1.96. The Morgan fingerprint density at radius 1 is 1.33 bits per heavy atom. The van der Waals surface area contributed by atoms with E-state index in [0.717, 1.165) is 0 Å². The third-order valence-corrected chi connectivity index (χ3v) is 3.15. The number of carbonyl (C=O) groups is 1. The zero-order valence-corrected chi connectivity index (χ0v) is 12.7. The molecule has 0 saturated heterocycles. The van der Waals surface area contributed by atoms with Gasteiger partial charge >= 0.3 is 12.2 Å². The minimum Gasteiger partial charge on any atom is -0.396 e. The number of nitrogens with one attached hydrogen (secondary N) is 2. The summed E-state index contributed by atoms with van der Waals surface area (Å²) < 4.78 is 39.1. The van der Waals surface area contributed by atoms with Crippen molar-refractivity contribution in [2.24, 2.45) is 0 Å². The van der Waals surface area contributed by atoms with Crippen molar-refractivity contribution in [2.45, 2.75) is 25.6 Å². The summed E-state index contributed by atoms with van der Waals surface area (Å²) in [5, 5.41) is 20.6. The summed E-state index contributed by atoms with van der Waals surface area (Å²) in [4.78, 5) is 11.7. The maximum absolute atomic E-state index is 12.8. The van der Waals surface area contributed by atoms with Crippen LogP contribution in [0.1, 0.15) is 19.0 Å². The largest absolute Gasteiger partial charge is 0.435 e. The highest BCUT2D eigenvalue weighted by Gasteiger charge is 2.36. The fourth-order valence-corrected chi connectivity index (χ4v) is 1.96. The molecule has 0 saturated carbocycles. The van der Waals surface area contributed by atoms with Gasteiger partial charge in [0.2, 0.25) is 0 Å². The molecular formula is C14H16F3N5O2. The second-order valence-corrected chi connectivity index (χ2v) is 5.09. The standard InChI is InChI=1S/C14H16F3N5O2/c1-9(6-7-23)19-13(24)20-10-2-4-11(5-3-10)22-12(8-18-21-22)14(15,16)17/h2-5,8-9,23H,6-7H2,1H3,(H2,19,20,24)/t9-/m0/s1. The molecule has 1 aromatic carbocycles. The molecule has 0 radical (unpaired) electrons. The van der Waals surface area contributed by atoms with E-state index in [1.165, 1.54) is 24.3 Å². The molecule has 7 nitrogen and oxygen atoms in total. The van der Waals surface area contributed by atoms with E-state index in [0.29, 0.717) is 23.0 Å². The van der Waals surface area contributed by atoms with Crippen molar-refractivity contribution in [3.8, 4) is 5.69 Å². The predicted octanol–water partition coefficient (Wildman–Crippen LogP) is 2.18. The molecule has 1 aromatic heterocycles. The first-order valence-electron chi connectivity index (χ1n) is 7.08. The summed E-state index contributed by atoms with van der Waals surface area (Å²) in [5.74, 6) is 0. The van der Waals surface area contributed by atoms with E-state index < -0.39 is 17.9 Å². The molecule has 1 atom stereocenters. The highest BCUT2D eigenvalue weighted by atomic mass is 19.4. The van der Waals surface area contributed by atoms with Crippen LogP contribution < -0.4 is 10.6 Å². The Labute approximate surface area is 135 Å². The summed E-state index contributed by atoms with van der Waals surface area (Å²) in [7, 11) is 0. The number of amides is 2. The minimum atomic E-state index is -4.57. The van der Waals surface area contributed by atoms with Crippen LogP contribution >= 0.6 is 0 Å². The number of benzene rings is 1. The summed E-state index contributed by atoms with van der Waals surface area (Å²) in [6.07, 6.45) is -3.51. The van der Waals surface area contributed by atoms with E-state index in [4.69, 9.17) is 5.11 Å². The quantitative estimate of drug-likeness (QED) is 0.776. The number of aliphatic hydroxyl groups is 1. The van der Waals surface area contributed by atoms with E-state index >= 15 is 0 Å². The van der Waals surface area contributed by atoms with Gasteiger partial charge in [-0.3, -0.25) is 0 Å². The number of nitrogens with zero attached hydrogens (tertiary/aromatic N) is 3. The molecule has 0 bridgehead atoms. The summed E-state index contributed by atoms with van der Waals surface area (Å²) in [6, 6.07) is 4.99. The molecule has 0 aliphatic rings.